The molecule has 1 aliphatic rings. The molecule has 0 bridgehead atoms. The summed E-state index contributed by atoms with van der Waals surface area (Å²) >= 11 is 0. The van der Waals surface area contributed by atoms with Crippen molar-refractivity contribution >= 4 is 5.57 Å². The minimum atomic E-state index is -2.81. The number of hydrogen-bond acceptors (Lipinski definition) is 2. The van der Waals surface area contributed by atoms with Crippen LogP contribution in [-0.2, 0) is 31.9 Å². The fraction of sp³-hybridized carbons (Fsp3) is 0.189. The van der Waals surface area contributed by atoms with Gasteiger partial charge in [0.05, 0.1) is 11.2 Å². The summed E-state index contributed by atoms with van der Waals surface area (Å²) in [6.45, 7) is 10.3. The maximum atomic E-state index is 11.4. The van der Waals surface area contributed by atoms with Crippen LogP contribution in [0.1, 0.15) is 96.0 Å². The molecule has 0 fully saturated rings. The van der Waals surface area contributed by atoms with Crippen LogP contribution in [-0.4, -0.2) is 10.1 Å². The number of phenolic OH excluding ortho intramolecular Hbond substituents is 1. The zero-order chi connectivity index (χ0) is 44.5. The first kappa shape index (κ1) is 30.9. The summed E-state index contributed by atoms with van der Waals surface area (Å²) in [5, 5.41) is 11.4. The molecular formula is C53H47NOPt. The predicted molar refractivity (Wildman–Crippen MR) is 229 cm³/mol. The monoisotopic (exact) mass is 915 g/mol. The van der Waals surface area contributed by atoms with Crippen LogP contribution < -0.4 is 0 Å². The molecule has 1 aliphatic carbocycles. The van der Waals surface area contributed by atoms with E-state index in [2.05, 4.69) is 120 Å². The van der Waals surface area contributed by atoms with Gasteiger partial charge in [0.1, 0.15) is 0 Å². The first-order valence-electron chi connectivity index (χ1n) is 22.1. The summed E-state index contributed by atoms with van der Waals surface area (Å²) in [4.78, 5) is 4.72. The molecule has 56 heavy (non-hydrogen) atoms. The molecule has 1 N–H and O–H groups in total. The third-order valence-corrected chi connectivity index (χ3v) is 10.4. The number of phenols is 1. The van der Waals surface area contributed by atoms with Crippen LogP contribution in [0, 0.1) is 19.0 Å². The van der Waals surface area contributed by atoms with Crippen LogP contribution in [0.25, 0.3) is 50.2 Å². The van der Waals surface area contributed by atoms with Gasteiger partial charge in [0.15, 0.2) is 0 Å². The van der Waals surface area contributed by atoms with Crippen LogP contribution in [0.4, 0.5) is 0 Å². The average molecular weight is 916 g/mol. The smallest absolute Gasteiger partial charge is 0.517 e. The standard InChI is InChI=1S/C53H47NO.Pt/c1-34-20-22-35(23-21-34)37-26-27-54-49(31-37)39-28-38(29-41(30-39)53(5,6)7)42-17-13-18-44-47(42)33-48(43-16-11-12-19-50(43)55)51(44)45-25-24-40(52(2,3)4)32-46(45)36-14-9-8-10-15-36;/h8-27,29-32,51,55H,1-7H3;/q-2;+2/i1D3,20D,21D,22D,23D;. The fourth-order valence-corrected chi connectivity index (χ4v) is 7.40. The number of pyridine rings is 1. The Balaban J connectivity index is 0.00000595. The summed E-state index contributed by atoms with van der Waals surface area (Å²) in [6, 6.07) is 40.0. The molecule has 1 aromatic heterocycles. The molecule has 6 aromatic carbocycles. The second-order valence-electron chi connectivity index (χ2n) is 16.3. The minimum Gasteiger partial charge on any atom is -0.517 e. The van der Waals surface area contributed by atoms with Gasteiger partial charge in [0.2, 0.25) is 0 Å². The molecule has 2 nitrogen and oxygen atoms in total. The van der Waals surface area contributed by atoms with Crippen LogP contribution in [0.2, 0.25) is 0 Å². The van der Waals surface area contributed by atoms with Gasteiger partial charge in [-0.25, -0.2) is 0 Å². The summed E-state index contributed by atoms with van der Waals surface area (Å²) in [6.07, 6.45) is 5.38. The number of para-hydroxylation sites is 1. The first-order chi connectivity index (χ1) is 29.2. The molecule has 0 saturated heterocycles. The number of benzene rings is 6. The normalized spacial score (nSPS) is 15.9. The van der Waals surface area contributed by atoms with Crippen molar-refractivity contribution in [3.8, 4) is 50.4 Å². The van der Waals surface area contributed by atoms with Gasteiger partial charge in [0, 0.05) is 16.0 Å². The van der Waals surface area contributed by atoms with Crippen LogP contribution in [0.3, 0.4) is 0 Å². The number of allylic oxidation sites excluding steroid dienone is 1. The SMILES string of the molecule is [2H]c1c([2H])c(C([2H])([2H])[2H])c([2H])c([2H])c1-c1ccnc(-c2[c-]c(-c3cccc4c3[C-]=C(c3ccccc3O)C4c3ccc(C(C)(C)C)cc3-c3ccccc3)cc(C(C)(C)C)c2)c1.[Pt+2]. The van der Waals surface area contributed by atoms with E-state index in [1.165, 1.54) is 5.56 Å². The molecule has 3 heteroatoms. The van der Waals surface area contributed by atoms with Crippen molar-refractivity contribution in [1.82, 2.24) is 4.98 Å². The van der Waals surface area contributed by atoms with E-state index in [1.54, 1.807) is 24.4 Å². The second kappa shape index (κ2) is 15.3. The number of nitrogens with zero attached hydrogens (tertiary/aromatic N) is 1. The van der Waals surface area contributed by atoms with E-state index in [0.29, 0.717) is 22.4 Å². The zero-order valence-corrected chi connectivity index (χ0v) is 34.6. The first-order valence-corrected chi connectivity index (χ1v) is 18.6. The Hall–Kier alpha value is -5.30. The molecule has 0 spiro atoms. The van der Waals surface area contributed by atoms with Gasteiger partial charge in [-0.3, -0.25) is 4.98 Å². The van der Waals surface area contributed by atoms with E-state index in [-0.39, 0.29) is 49.1 Å². The van der Waals surface area contributed by atoms with Gasteiger partial charge in [-0.05, 0) is 69.1 Å². The van der Waals surface area contributed by atoms with Gasteiger partial charge >= 0.3 is 21.1 Å². The molecule has 280 valence electrons. The molecule has 7 aromatic rings. The van der Waals surface area contributed by atoms with Crippen LogP contribution in [0.5, 0.6) is 5.75 Å². The van der Waals surface area contributed by atoms with Crippen molar-refractivity contribution < 1.29 is 35.8 Å². The Labute approximate surface area is 357 Å². The molecule has 8 rings (SSSR count). The number of fused-ring (bicyclic) bond motifs is 1. The van der Waals surface area contributed by atoms with Crippen molar-refractivity contribution in [2.75, 3.05) is 0 Å². The van der Waals surface area contributed by atoms with E-state index in [9.17, 15) is 5.11 Å². The van der Waals surface area contributed by atoms with Gasteiger partial charge in [-0.15, -0.1) is 63.7 Å². The molecule has 0 aliphatic heterocycles. The summed E-state index contributed by atoms with van der Waals surface area (Å²) in [7, 11) is 0. The van der Waals surface area contributed by atoms with Crippen molar-refractivity contribution in [3.05, 3.63) is 197 Å². The number of rotatable bonds is 6. The molecular weight excluding hydrogens is 862 g/mol. The molecule has 1 heterocycles. The summed E-state index contributed by atoms with van der Waals surface area (Å²) in [5.41, 5.74) is 11.3. The van der Waals surface area contributed by atoms with E-state index in [4.69, 9.17) is 14.6 Å². The largest absolute Gasteiger partial charge is 2.00 e. The average Bonchev–Trinajstić information content (AvgIpc) is 3.61. The van der Waals surface area contributed by atoms with E-state index in [0.717, 1.165) is 50.1 Å². The summed E-state index contributed by atoms with van der Waals surface area (Å²) in [5.74, 6) is -0.101. The molecule has 1 atom stereocenters. The molecule has 1 unspecified atom stereocenters. The van der Waals surface area contributed by atoms with Gasteiger partial charge in [0.25, 0.3) is 0 Å². The van der Waals surface area contributed by atoms with Gasteiger partial charge in [-0.2, -0.15) is 0 Å². The van der Waals surface area contributed by atoms with Crippen molar-refractivity contribution in [2.45, 2.75) is 65.1 Å². The second-order valence-corrected chi connectivity index (χ2v) is 16.3. The minimum absolute atomic E-state index is 0. The van der Waals surface area contributed by atoms with Crippen LogP contribution in [0.15, 0.2) is 146 Å². The summed E-state index contributed by atoms with van der Waals surface area (Å²) < 4.78 is 58.2. The van der Waals surface area contributed by atoms with Gasteiger partial charge < -0.3 is 5.11 Å². The maximum Gasteiger partial charge on any atom is 2.00 e. The third kappa shape index (κ3) is 7.61. The van der Waals surface area contributed by atoms with Gasteiger partial charge in [-0.1, -0.05) is 167 Å². The number of hydrogen-bond donors (Lipinski definition) is 1. The Morgan fingerprint density at radius 3 is 2.04 bits per heavy atom. The quantitative estimate of drug-likeness (QED) is 0.169. The van der Waals surface area contributed by atoms with E-state index >= 15 is 0 Å². The van der Waals surface area contributed by atoms with Crippen LogP contribution >= 0.6 is 0 Å². The maximum absolute atomic E-state index is 11.4. The van der Waals surface area contributed by atoms with Crippen molar-refractivity contribution in [3.63, 3.8) is 0 Å². The predicted octanol–water partition coefficient (Wildman–Crippen LogP) is 13.5. The molecule has 0 saturated carbocycles. The number of aromatic hydroxyl groups is 1. The topological polar surface area (TPSA) is 33.1 Å². The van der Waals surface area contributed by atoms with E-state index in [1.807, 2.05) is 30.3 Å². The Morgan fingerprint density at radius 2 is 1.32 bits per heavy atom. The number of aromatic nitrogens is 1. The van der Waals surface area contributed by atoms with Crippen molar-refractivity contribution in [1.29, 1.82) is 0 Å². The van der Waals surface area contributed by atoms with Crippen molar-refractivity contribution in [2.24, 2.45) is 0 Å². The third-order valence-electron chi connectivity index (χ3n) is 10.4. The Kier molecular flexibility index (Phi) is 8.45. The van der Waals surface area contributed by atoms with E-state index < -0.39 is 36.6 Å². The Morgan fingerprint density at radius 1 is 0.625 bits per heavy atom. The zero-order valence-electron chi connectivity index (χ0n) is 39.3. The molecule has 0 amide bonds. The Bertz CT molecular complexity index is 2900. The molecule has 0 radical (unpaired) electrons. The fourth-order valence-electron chi connectivity index (χ4n) is 7.40.